The molecule has 0 saturated carbocycles. The van der Waals surface area contributed by atoms with Crippen molar-refractivity contribution in [2.75, 3.05) is 61.8 Å². The van der Waals surface area contributed by atoms with Gasteiger partial charge in [-0.2, -0.15) is 5.26 Å². The number of nitrogen functional groups attached to an aromatic ring is 1. The smallest absolute Gasteiger partial charge is 0.261 e. The number of piperidine rings is 1. The highest BCUT2D eigenvalue weighted by molar-refractivity contribution is 7.16. The number of aryl methyl sites for hydroxylation is 2. The molecule has 1 spiro atoms. The van der Waals surface area contributed by atoms with Crippen molar-refractivity contribution in [1.82, 2.24) is 14.9 Å². The van der Waals surface area contributed by atoms with Gasteiger partial charge in [-0.3, -0.25) is 0 Å². The third-order valence-electron chi connectivity index (χ3n) is 8.67. The van der Waals surface area contributed by atoms with Crippen LogP contribution in [0.2, 0.25) is 0 Å². The Kier molecular flexibility index (Phi) is 7.53. The van der Waals surface area contributed by atoms with E-state index in [9.17, 15) is 14.0 Å². The molecule has 2 aromatic rings. The molecule has 7 nitrogen and oxygen atoms in total. The molecular weight excluding hydrogens is 516 g/mol. The molecule has 5 heterocycles. The van der Waals surface area contributed by atoms with Crippen LogP contribution in [-0.4, -0.2) is 67.1 Å². The predicted octanol–water partition coefficient (Wildman–Crippen LogP) is 5.23. The second kappa shape index (κ2) is 10.5. The number of fused-ring (bicyclic) bond motifs is 2. The summed E-state index contributed by atoms with van der Waals surface area (Å²) >= 11 is 1.62. The maximum Gasteiger partial charge on any atom is 0.261 e. The fraction of sp³-hybridized carbons (Fsp3) is 0.690. The van der Waals surface area contributed by atoms with Gasteiger partial charge in [0.2, 0.25) is 0 Å². The van der Waals surface area contributed by atoms with Gasteiger partial charge >= 0.3 is 0 Å². The van der Waals surface area contributed by atoms with Crippen LogP contribution in [0.3, 0.4) is 0 Å². The van der Waals surface area contributed by atoms with Gasteiger partial charge in [0.25, 0.3) is 5.92 Å². The summed E-state index contributed by atoms with van der Waals surface area (Å²) in [6.45, 7) is 11.2. The van der Waals surface area contributed by atoms with Crippen LogP contribution in [-0.2, 0) is 18.3 Å². The minimum atomic E-state index is -2.41. The van der Waals surface area contributed by atoms with E-state index in [1.807, 2.05) is 0 Å². The van der Waals surface area contributed by atoms with Crippen LogP contribution in [0.4, 0.5) is 25.4 Å². The third-order valence-corrected chi connectivity index (χ3v) is 9.75. The fourth-order valence-corrected chi connectivity index (χ4v) is 7.88. The molecule has 10 heteroatoms. The molecule has 4 aliphatic rings. The van der Waals surface area contributed by atoms with E-state index < -0.39 is 5.92 Å². The molecule has 0 radical (unpaired) electrons. The summed E-state index contributed by atoms with van der Waals surface area (Å²) in [6, 6.07) is 4.58. The Bertz CT molecular complexity index is 1240. The maximum absolute atomic E-state index is 12.2. The van der Waals surface area contributed by atoms with Crippen molar-refractivity contribution in [3.8, 4) is 6.07 Å². The number of thiophene rings is 1. The number of halogens is 2. The van der Waals surface area contributed by atoms with Gasteiger partial charge in [0.05, 0.1) is 12.1 Å². The predicted molar refractivity (Wildman–Crippen MR) is 154 cm³/mol. The summed E-state index contributed by atoms with van der Waals surface area (Å²) in [5.74, 6) is 0.607. The highest BCUT2D eigenvalue weighted by Gasteiger charge is 2.50. The molecule has 0 unspecified atom stereocenters. The van der Waals surface area contributed by atoms with E-state index in [-0.39, 0.29) is 18.4 Å². The topological polar surface area (TPSA) is 85.3 Å². The number of rotatable bonds is 3. The van der Waals surface area contributed by atoms with Crippen LogP contribution in [0.25, 0.3) is 0 Å². The normalized spacial score (nSPS) is 23.0. The lowest BCUT2D eigenvalue weighted by Gasteiger charge is -2.53. The van der Waals surface area contributed by atoms with Crippen molar-refractivity contribution in [2.45, 2.75) is 77.1 Å². The van der Waals surface area contributed by atoms with E-state index in [1.165, 1.54) is 29.7 Å². The van der Waals surface area contributed by atoms with E-state index >= 15 is 0 Å². The summed E-state index contributed by atoms with van der Waals surface area (Å²) in [6.07, 6.45) is 6.69. The number of alkyl halides is 2. The summed E-state index contributed by atoms with van der Waals surface area (Å²) in [4.78, 5) is 17.6. The molecule has 1 aliphatic carbocycles. The second-order valence-corrected chi connectivity index (χ2v) is 13.8. The van der Waals surface area contributed by atoms with Gasteiger partial charge in [-0.15, -0.1) is 11.3 Å². The number of nitrogens with zero attached hydrogens (tertiary/aromatic N) is 6. The molecule has 3 fully saturated rings. The van der Waals surface area contributed by atoms with Crippen molar-refractivity contribution in [3.05, 3.63) is 27.9 Å². The summed E-state index contributed by atoms with van der Waals surface area (Å²) in [5, 5.41) is 10.4. The third kappa shape index (κ3) is 5.71. The first-order chi connectivity index (χ1) is 18.4. The molecule has 39 heavy (non-hydrogen) atoms. The zero-order valence-corrected chi connectivity index (χ0v) is 24.5. The van der Waals surface area contributed by atoms with E-state index in [4.69, 9.17) is 15.7 Å². The summed E-state index contributed by atoms with van der Waals surface area (Å²) in [5.41, 5.74) is 8.54. The molecule has 2 N–H and O–H groups in total. The van der Waals surface area contributed by atoms with Gasteiger partial charge in [0.15, 0.2) is 0 Å². The Balaban J connectivity index is 0.000000332. The molecule has 2 aromatic heterocycles. The molecule has 6 rings (SSSR count). The zero-order chi connectivity index (χ0) is 28.0. The maximum atomic E-state index is 12.2. The first-order valence-electron chi connectivity index (χ1n) is 14.2. The Hall–Kier alpha value is -2.51. The quantitative estimate of drug-likeness (QED) is 0.553. The van der Waals surface area contributed by atoms with E-state index in [0.29, 0.717) is 17.0 Å². The monoisotopic (exact) mass is 557 g/mol. The number of aromatic nitrogens is 2. The SMILES string of the molecule is CCc1nc(N2CCCC(C)(C)C2)cc(N2CC3(CCCc4sc(N)c(C#N)c43)C2)n1.CN1CCC(F)(F)C1. The van der Waals surface area contributed by atoms with E-state index in [0.717, 1.165) is 68.5 Å². The molecule has 0 aromatic carbocycles. The number of anilines is 3. The van der Waals surface area contributed by atoms with Gasteiger partial charge in [-0.05, 0) is 50.1 Å². The van der Waals surface area contributed by atoms with Gasteiger partial charge in [0.1, 0.15) is 28.5 Å². The van der Waals surface area contributed by atoms with Gasteiger partial charge < -0.3 is 20.4 Å². The fourth-order valence-electron chi connectivity index (χ4n) is 6.70. The minimum absolute atomic E-state index is 0.0312. The Morgan fingerprint density at radius 2 is 1.74 bits per heavy atom. The number of likely N-dealkylation sites (tertiary alicyclic amines) is 1. The number of nitriles is 1. The van der Waals surface area contributed by atoms with Crippen molar-refractivity contribution >= 4 is 28.0 Å². The molecule has 212 valence electrons. The highest BCUT2D eigenvalue weighted by atomic mass is 32.1. The molecule has 0 bridgehead atoms. The molecule has 0 amide bonds. The average Bonchev–Trinajstić information content (AvgIpc) is 3.37. The van der Waals surface area contributed by atoms with Gasteiger partial charge in [-0.25, -0.2) is 18.7 Å². The standard InChI is InChI=1S/C24H32N6S.C5H9F2N/c1-4-18-27-19(29-10-6-8-23(2,3)13-29)11-20(28-18)30-14-24(15-30)9-5-7-17-21(24)16(12-25)22(26)31-17;1-8-3-2-5(6,7)4-8/h11H,4-10,13-15,26H2,1-3H3;2-4H2,1H3. The Labute approximate surface area is 235 Å². The zero-order valence-electron chi connectivity index (χ0n) is 23.7. The summed E-state index contributed by atoms with van der Waals surface area (Å²) < 4.78 is 24.3. The number of hydrogen-bond donors (Lipinski definition) is 1. The molecular formula is C29H41F2N7S. The Morgan fingerprint density at radius 3 is 2.31 bits per heavy atom. The minimum Gasteiger partial charge on any atom is -0.389 e. The first-order valence-corrected chi connectivity index (χ1v) is 15.0. The lowest BCUT2D eigenvalue weighted by Crippen LogP contribution is -2.61. The van der Waals surface area contributed by atoms with E-state index in [2.05, 4.69) is 42.7 Å². The number of hydrogen-bond acceptors (Lipinski definition) is 8. The van der Waals surface area contributed by atoms with Crippen molar-refractivity contribution in [3.63, 3.8) is 0 Å². The molecule has 3 saturated heterocycles. The van der Waals surface area contributed by atoms with Crippen molar-refractivity contribution in [1.29, 1.82) is 5.26 Å². The lowest BCUT2D eigenvalue weighted by molar-refractivity contribution is 0.0146. The lowest BCUT2D eigenvalue weighted by atomic mass is 9.66. The van der Waals surface area contributed by atoms with Crippen LogP contribution < -0.4 is 15.5 Å². The van der Waals surface area contributed by atoms with Crippen LogP contribution >= 0.6 is 11.3 Å². The largest absolute Gasteiger partial charge is 0.389 e. The summed E-state index contributed by atoms with van der Waals surface area (Å²) in [7, 11) is 1.71. The van der Waals surface area contributed by atoms with Gasteiger partial charge in [-0.1, -0.05) is 20.8 Å². The van der Waals surface area contributed by atoms with Gasteiger partial charge in [0, 0.05) is 61.9 Å². The van der Waals surface area contributed by atoms with Crippen LogP contribution in [0.1, 0.15) is 74.7 Å². The second-order valence-electron chi connectivity index (χ2n) is 12.6. The number of nitrogens with two attached hydrogens (primary N) is 1. The molecule has 3 aliphatic heterocycles. The first kappa shape index (κ1) is 28.0. The van der Waals surface area contributed by atoms with Crippen molar-refractivity contribution < 1.29 is 8.78 Å². The Morgan fingerprint density at radius 1 is 1.03 bits per heavy atom. The average molecular weight is 558 g/mol. The van der Waals surface area contributed by atoms with Crippen LogP contribution in [0, 0.1) is 16.7 Å². The van der Waals surface area contributed by atoms with Crippen molar-refractivity contribution in [2.24, 2.45) is 5.41 Å². The van der Waals surface area contributed by atoms with Crippen LogP contribution in [0.15, 0.2) is 6.07 Å². The highest BCUT2D eigenvalue weighted by Crippen LogP contribution is 2.51. The van der Waals surface area contributed by atoms with E-state index in [1.54, 1.807) is 23.3 Å². The molecule has 0 atom stereocenters. The van der Waals surface area contributed by atoms with Crippen LogP contribution in [0.5, 0.6) is 0 Å².